The first-order chi connectivity index (χ1) is 5.31. The van der Waals surface area contributed by atoms with E-state index in [4.69, 9.17) is 9.68 Å². The van der Waals surface area contributed by atoms with Crippen molar-refractivity contribution in [2.45, 2.75) is 13.8 Å². The molecule has 0 rings (SSSR count). The molecule has 68 valence electrons. The lowest BCUT2D eigenvalue weighted by Gasteiger charge is -2.14. The Balaban J connectivity index is 2.97. The molecule has 0 saturated carbocycles. The number of hydrogen-bond donors (Lipinski definition) is 1. The van der Waals surface area contributed by atoms with E-state index in [0.29, 0.717) is 13.2 Å². The molecular weight excluding hydrogens is 144 g/mol. The van der Waals surface area contributed by atoms with Gasteiger partial charge in [-0.05, 0) is 13.8 Å². The van der Waals surface area contributed by atoms with E-state index in [2.05, 4.69) is 5.48 Å². The normalized spacial score (nSPS) is 10.9. The largest absolute Gasteiger partial charge is 0.302 e. The number of rotatable bonds is 7. The van der Waals surface area contributed by atoms with Crippen LogP contribution in [0, 0.1) is 0 Å². The van der Waals surface area contributed by atoms with Gasteiger partial charge >= 0.3 is 0 Å². The van der Waals surface area contributed by atoms with Gasteiger partial charge in [-0.3, -0.25) is 4.84 Å². The van der Waals surface area contributed by atoms with Crippen molar-refractivity contribution in [3.63, 3.8) is 0 Å². The summed E-state index contributed by atoms with van der Waals surface area (Å²) in [6.45, 7) is 6.92. The molecule has 4 heteroatoms. The van der Waals surface area contributed by atoms with Gasteiger partial charge in [-0.1, -0.05) is 0 Å². The molecule has 0 aliphatic carbocycles. The van der Waals surface area contributed by atoms with Crippen LogP contribution in [0.5, 0.6) is 0 Å². The summed E-state index contributed by atoms with van der Waals surface area (Å²) in [6, 6.07) is 0. The SMILES string of the molecule is CCONCCN(C)OCC. The molecule has 0 radical (unpaired) electrons. The first-order valence-corrected chi connectivity index (χ1v) is 4.00. The Hall–Kier alpha value is -0.160. The topological polar surface area (TPSA) is 33.7 Å². The van der Waals surface area contributed by atoms with Gasteiger partial charge in [0.15, 0.2) is 0 Å². The molecule has 0 aliphatic rings. The first-order valence-electron chi connectivity index (χ1n) is 4.00. The third kappa shape index (κ3) is 7.74. The van der Waals surface area contributed by atoms with Crippen LogP contribution < -0.4 is 5.48 Å². The number of hydroxylamine groups is 3. The van der Waals surface area contributed by atoms with Crippen LogP contribution in [0.4, 0.5) is 0 Å². The lowest BCUT2D eigenvalue weighted by molar-refractivity contribution is -0.137. The minimum Gasteiger partial charge on any atom is -0.302 e. The minimum absolute atomic E-state index is 0.693. The molecule has 0 aliphatic heterocycles. The van der Waals surface area contributed by atoms with Crippen LogP contribution in [-0.4, -0.2) is 38.4 Å². The van der Waals surface area contributed by atoms with E-state index in [1.807, 2.05) is 20.9 Å². The highest BCUT2D eigenvalue weighted by Crippen LogP contribution is 1.81. The van der Waals surface area contributed by atoms with Gasteiger partial charge in [0, 0.05) is 20.1 Å². The van der Waals surface area contributed by atoms with Gasteiger partial charge in [-0.15, -0.1) is 0 Å². The van der Waals surface area contributed by atoms with Crippen LogP contribution >= 0.6 is 0 Å². The van der Waals surface area contributed by atoms with Gasteiger partial charge in [-0.25, -0.2) is 5.48 Å². The van der Waals surface area contributed by atoms with Crippen LogP contribution in [0.2, 0.25) is 0 Å². The standard InChI is InChI=1S/C7H18N2O2/c1-4-10-8-6-7-9(3)11-5-2/h8H,4-7H2,1-3H3. The lowest BCUT2D eigenvalue weighted by atomic mass is 10.6. The van der Waals surface area contributed by atoms with Crippen molar-refractivity contribution in [3.05, 3.63) is 0 Å². The maximum atomic E-state index is 5.16. The van der Waals surface area contributed by atoms with Crippen LogP contribution in [0.25, 0.3) is 0 Å². The Labute approximate surface area is 68.4 Å². The highest BCUT2D eigenvalue weighted by Gasteiger charge is 1.94. The summed E-state index contributed by atoms with van der Waals surface area (Å²) in [6.07, 6.45) is 0. The van der Waals surface area contributed by atoms with Crippen molar-refractivity contribution < 1.29 is 9.68 Å². The van der Waals surface area contributed by atoms with E-state index in [-0.39, 0.29) is 0 Å². The van der Waals surface area contributed by atoms with Crippen molar-refractivity contribution >= 4 is 0 Å². The number of hydrogen-bond acceptors (Lipinski definition) is 4. The number of nitrogens with zero attached hydrogens (tertiary/aromatic N) is 1. The highest BCUT2D eigenvalue weighted by atomic mass is 16.7. The summed E-state index contributed by atoms with van der Waals surface area (Å²) in [4.78, 5) is 10.1. The fourth-order valence-electron chi connectivity index (χ4n) is 0.662. The fraction of sp³-hybridized carbons (Fsp3) is 1.00. The van der Waals surface area contributed by atoms with E-state index in [1.165, 1.54) is 0 Å². The van der Waals surface area contributed by atoms with E-state index in [0.717, 1.165) is 13.1 Å². The molecule has 0 aromatic rings. The maximum Gasteiger partial charge on any atom is 0.0656 e. The molecule has 0 unspecified atom stereocenters. The monoisotopic (exact) mass is 162 g/mol. The average Bonchev–Trinajstić information content (AvgIpc) is 1.99. The zero-order valence-electron chi connectivity index (χ0n) is 7.59. The zero-order chi connectivity index (χ0) is 8.53. The molecule has 0 aromatic heterocycles. The minimum atomic E-state index is 0.693. The van der Waals surface area contributed by atoms with Crippen molar-refractivity contribution in [2.75, 3.05) is 33.4 Å². The van der Waals surface area contributed by atoms with E-state index in [1.54, 1.807) is 5.06 Å². The summed E-state index contributed by atoms with van der Waals surface area (Å²) < 4.78 is 0. The Bertz CT molecular complexity index is 80.8. The molecule has 0 heterocycles. The molecule has 1 N–H and O–H groups in total. The second-order valence-corrected chi connectivity index (χ2v) is 2.10. The molecule has 0 atom stereocenters. The quantitative estimate of drug-likeness (QED) is 0.434. The van der Waals surface area contributed by atoms with Crippen LogP contribution in [-0.2, 0) is 9.68 Å². The van der Waals surface area contributed by atoms with Crippen molar-refractivity contribution in [1.29, 1.82) is 0 Å². The zero-order valence-corrected chi connectivity index (χ0v) is 7.59. The van der Waals surface area contributed by atoms with Gasteiger partial charge < -0.3 is 4.84 Å². The molecule has 0 amide bonds. The summed E-state index contributed by atoms with van der Waals surface area (Å²) in [7, 11) is 1.90. The number of likely N-dealkylation sites (N-methyl/N-ethyl adjacent to an activating group) is 1. The van der Waals surface area contributed by atoms with E-state index < -0.39 is 0 Å². The van der Waals surface area contributed by atoms with E-state index in [9.17, 15) is 0 Å². The molecule has 11 heavy (non-hydrogen) atoms. The Morgan fingerprint density at radius 3 is 2.55 bits per heavy atom. The summed E-state index contributed by atoms with van der Waals surface area (Å²) in [5.41, 5.74) is 2.80. The fourth-order valence-corrected chi connectivity index (χ4v) is 0.662. The van der Waals surface area contributed by atoms with Crippen LogP contribution in [0.15, 0.2) is 0 Å². The van der Waals surface area contributed by atoms with Crippen molar-refractivity contribution in [1.82, 2.24) is 10.5 Å². The Kier molecular flexibility index (Phi) is 7.83. The molecule has 0 spiro atoms. The average molecular weight is 162 g/mol. The van der Waals surface area contributed by atoms with Crippen molar-refractivity contribution in [3.8, 4) is 0 Å². The number of nitrogens with one attached hydrogen (secondary N) is 1. The van der Waals surface area contributed by atoms with Gasteiger partial charge in [0.25, 0.3) is 0 Å². The molecular formula is C7H18N2O2. The Morgan fingerprint density at radius 2 is 2.00 bits per heavy atom. The Morgan fingerprint density at radius 1 is 1.27 bits per heavy atom. The van der Waals surface area contributed by atoms with E-state index >= 15 is 0 Å². The molecule has 0 saturated heterocycles. The molecule has 0 bridgehead atoms. The third-order valence-corrected chi connectivity index (χ3v) is 1.12. The third-order valence-electron chi connectivity index (χ3n) is 1.12. The second kappa shape index (κ2) is 7.94. The first kappa shape index (κ1) is 10.8. The maximum absolute atomic E-state index is 5.16. The second-order valence-electron chi connectivity index (χ2n) is 2.10. The smallest absolute Gasteiger partial charge is 0.0656 e. The van der Waals surface area contributed by atoms with Gasteiger partial charge in [0.2, 0.25) is 0 Å². The molecule has 4 nitrogen and oxygen atoms in total. The van der Waals surface area contributed by atoms with Crippen LogP contribution in [0.1, 0.15) is 13.8 Å². The van der Waals surface area contributed by atoms with Crippen LogP contribution in [0.3, 0.4) is 0 Å². The van der Waals surface area contributed by atoms with Gasteiger partial charge in [0.1, 0.15) is 0 Å². The summed E-state index contributed by atoms with van der Waals surface area (Å²) in [5, 5.41) is 1.78. The molecule has 0 fully saturated rings. The predicted octanol–water partition coefficient (Wildman–Crippen LogP) is 0.411. The molecule has 0 aromatic carbocycles. The highest BCUT2D eigenvalue weighted by molar-refractivity contribution is 4.38. The van der Waals surface area contributed by atoms with Gasteiger partial charge in [0.05, 0.1) is 13.2 Å². The van der Waals surface area contributed by atoms with Gasteiger partial charge in [-0.2, -0.15) is 5.06 Å². The van der Waals surface area contributed by atoms with Crippen molar-refractivity contribution in [2.24, 2.45) is 0 Å². The lowest BCUT2D eigenvalue weighted by Crippen LogP contribution is -2.29. The summed E-state index contributed by atoms with van der Waals surface area (Å²) in [5.74, 6) is 0. The predicted molar refractivity (Wildman–Crippen MR) is 43.9 cm³/mol. The summed E-state index contributed by atoms with van der Waals surface area (Å²) >= 11 is 0.